The molecule has 0 fully saturated rings. The molecule has 0 atom stereocenters. The SMILES string of the molecule is CCCC(CCC)Nc1ncc(C(F)(F)F)c(-c2cn(-c3ccc(CN(C)CC)cc3C)c(C)n2)n1. The lowest BCUT2D eigenvalue weighted by Crippen LogP contribution is -2.21. The summed E-state index contributed by atoms with van der Waals surface area (Å²) in [6, 6.07) is 6.25. The molecule has 0 unspecified atom stereocenters. The number of aromatic nitrogens is 4. The van der Waals surface area contributed by atoms with Gasteiger partial charge < -0.3 is 14.8 Å². The van der Waals surface area contributed by atoms with E-state index in [1.165, 1.54) is 5.56 Å². The van der Waals surface area contributed by atoms with Crippen molar-refractivity contribution in [1.29, 1.82) is 0 Å². The lowest BCUT2D eigenvalue weighted by atomic mass is 10.1. The van der Waals surface area contributed by atoms with Gasteiger partial charge in [0.15, 0.2) is 0 Å². The first kappa shape index (κ1) is 27.6. The van der Waals surface area contributed by atoms with Gasteiger partial charge in [-0.3, -0.25) is 0 Å². The molecule has 196 valence electrons. The van der Waals surface area contributed by atoms with E-state index in [1.807, 2.05) is 23.6 Å². The summed E-state index contributed by atoms with van der Waals surface area (Å²) >= 11 is 0. The minimum atomic E-state index is -4.60. The molecule has 0 bridgehead atoms. The van der Waals surface area contributed by atoms with Crippen LogP contribution in [0.25, 0.3) is 17.1 Å². The van der Waals surface area contributed by atoms with Crippen molar-refractivity contribution < 1.29 is 13.2 Å². The summed E-state index contributed by atoms with van der Waals surface area (Å²) in [4.78, 5) is 15.0. The number of imidazole rings is 1. The van der Waals surface area contributed by atoms with E-state index in [-0.39, 0.29) is 23.4 Å². The van der Waals surface area contributed by atoms with E-state index >= 15 is 0 Å². The Kier molecular flexibility index (Phi) is 9.11. The van der Waals surface area contributed by atoms with Crippen molar-refractivity contribution in [2.45, 2.75) is 79.1 Å². The molecule has 3 aromatic rings. The molecule has 0 aliphatic heterocycles. The first-order valence-corrected chi connectivity index (χ1v) is 12.6. The largest absolute Gasteiger partial charge is 0.420 e. The lowest BCUT2D eigenvalue weighted by molar-refractivity contribution is -0.137. The first-order valence-electron chi connectivity index (χ1n) is 12.6. The van der Waals surface area contributed by atoms with Crippen LogP contribution in [0.2, 0.25) is 0 Å². The Balaban J connectivity index is 2.01. The topological polar surface area (TPSA) is 58.9 Å². The highest BCUT2D eigenvalue weighted by molar-refractivity contribution is 5.62. The highest BCUT2D eigenvalue weighted by Crippen LogP contribution is 2.36. The smallest absolute Gasteiger partial charge is 0.351 e. The average molecular weight is 503 g/mol. The molecule has 9 heteroatoms. The van der Waals surface area contributed by atoms with E-state index in [4.69, 9.17) is 0 Å². The fraction of sp³-hybridized carbons (Fsp3) is 0.519. The number of hydrogen-bond donors (Lipinski definition) is 1. The van der Waals surface area contributed by atoms with Gasteiger partial charge in [-0.15, -0.1) is 0 Å². The lowest BCUT2D eigenvalue weighted by Gasteiger charge is -2.18. The van der Waals surface area contributed by atoms with Gasteiger partial charge in [0.25, 0.3) is 0 Å². The Morgan fingerprint density at radius 2 is 1.75 bits per heavy atom. The molecule has 6 nitrogen and oxygen atoms in total. The fourth-order valence-corrected chi connectivity index (χ4v) is 4.36. The molecule has 3 rings (SSSR count). The molecule has 0 aliphatic carbocycles. The monoisotopic (exact) mass is 502 g/mol. The van der Waals surface area contributed by atoms with E-state index in [1.54, 1.807) is 13.1 Å². The summed E-state index contributed by atoms with van der Waals surface area (Å²) in [5.74, 6) is 0.778. The second-order valence-electron chi connectivity index (χ2n) is 9.37. The summed E-state index contributed by atoms with van der Waals surface area (Å²) < 4.78 is 43.5. The average Bonchev–Trinajstić information content (AvgIpc) is 3.20. The maximum Gasteiger partial charge on any atom is 0.420 e. The molecule has 2 aromatic heterocycles. The Hall–Kier alpha value is -2.94. The Labute approximate surface area is 212 Å². The van der Waals surface area contributed by atoms with Gasteiger partial charge in [-0.05, 0) is 57.5 Å². The fourth-order valence-electron chi connectivity index (χ4n) is 4.36. The van der Waals surface area contributed by atoms with Crippen LogP contribution in [0, 0.1) is 13.8 Å². The van der Waals surface area contributed by atoms with Crippen LogP contribution in [-0.4, -0.2) is 44.1 Å². The Morgan fingerprint density at radius 3 is 2.33 bits per heavy atom. The molecular formula is C27H37F3N6. The van der Waals surface area contributed by atoms with Crippen molar-refractivity contribution >= 4 is 5.95 Å². The zero-order chi connectivity index (χ0) is 26.5. The predicted molar refractivity (Wildman–Crippen MR) is 138 cm³/mol. The van der Waals surface area contributed by atoms with Crippen molar-refractivity contribution in [3.05, 3.63) is 53.1 Å². The maximum absolute atomic E-state index is 13.9. The van der Waals surface area contributed by atoms with Crippen LogP contribution in [0.1, 0.15) is 69.0 Å². The number of hydrogen-bond acceptors (Lipinski definition) is 5. The van der Waals surface area contributed by atoms with Crippen LogP contribution >= 0.6 is 0 Å². The second kappa shape index (κ2) is 11.9. The number of halogens is 3. The summed E-state index contributed by atoms with van der Waals surface area (Å²) in [5, 5.41) is 3.23. The number of nitrogens with zero attached hydrogens (tertiary/aromatic N) is 5. The van der Waals surface area contributed by atoms with Crippen molar-refractivity contribution in [3.8, 4) is 17.1 Å². The maximum atomic E-state index is 13.9. The van der Waals surface area contributed by atoms with E-state index in [0.29, 0.717) is 5.82 Å². The second-order valence-corrected chi connectivity index (χ2v) is 9.37. The number of rotatable bonds is 11. The number of aryl methyl sites for hydroxylation is 2. The third kappa shape index (κ3) is 6.63. The number of benzene rings is 1. The predicted octanol–water partition coefficient (Wildman–Crippen LogP) is 6.80. The van der Waals surface area contributed by atoms with Gasteiger partial charge in [0.1, 0.15) is 22.8 Å². The van der Waals surface area contributed by atoms with Crippen molar-refractivity contribution in [1.82, 2.24) is 24.4 Å². The molecule has 0 amide bonds. The zero-order valence-electron chi connectivity index (χ0n) is 22.1. The summed E-state index contributed by atoms with van der Waals surface area (Å²) in [5.41, 5.74) is 2.13. The summed E-state index contributed by atoms with van der Waals surface area (Å²) in [6.07, 6.45) is 1.60. The van der Waals surface area contributed by atoms with Crippen molar-refractivity contribution in [2.24, 2.45) is 0 Å². The van der Waals surface area contributed by atoms with E-state index in [0.717, 1.165) is 56.2 Å². The summed E-state index contributed by atoms with van der Waals surface area (Å²) in [7, 11) is 2.06. The van der Waals surface area contributed by atoms with Crippen LogP contribution < -0.4 is 5.32 Å². The van der Waals surface area contributed by atoms with Gasteiger partial charge in [0.2, 0.25) is 5.95 Å². The zero-order valence-corrected chi connectivity index (χ0v) is 22.1. The van der Waals surface area contributed by atoms with Gasteiger partial charge in [-0.1, -0.05) is 45.7 Å². The highest BCUT2D eigenvalue weighted by Gasteiger charge is 2.36. The Bertz CT molecular complexity index is 1150. The van der Waals surface area contributed by atoms with Crippen molar-refractivity contribution in [3.63, 3.8) is 0 Å². The minimum Gasteiger partial charge on any atom is -0.351 e. The number of nitrogens with one attached hydrogen (secondary N) is 1. The molecule has 0 saturated carbocycles. The van der Waals surface area contributed by atoms with Gasteiger partial charge in [-0.25, -0.2) is 15.0 Å². The third-order valence-corrected chi connectivity index (χ3v) is 6.34. The standard InChI is InChI=1S/C27H37F3N6/c1-7-10-21(11-8-2)33-26-31-15-22(27(28,29)30)25(34-26)23-17-36(19(5)32-23)24-13-12-20(14-18(24)4)16-35(6)9-3/h12-15,17,21H,7-11,16H2,1-6H3,(H,31,33,34). The van der Waals surface area contributed by atoms with Gasteiger partial charge in [0.05, 0.1) is 0 Å². The molecule has 2 heterocycles. The van der Waals surface area contributed by atoms with Gasteiger partial charge in [-0.2, -0.15) is 13.2 Å². The van der Waals surface area contributed by atoms with Gasteiger partial charge >= 0.3 is 6.18 Å². The van der Waals surface area contributed by atoms with Crippen LogP contribution in [0.3, 0.4) is 0 Å². The molecule has 1 aromatic carbocycles. The molecule has 36 heavy (non-hydrogen) atoms. The molecule has 0 radical (unpaired) electrons. The minimum absolute atomic E-state index is 0.108. The quantitative estimate of drug-likeness (QED) is 0.313. The van der Waals surface area contributed by atoms with E-state index < -0.39 is 11.7 Å². The Morgan fingerprint density at radius 1 is 1.06 bits per heavy atom. The molecule has 0 saturated heterocycles. The first-order chi connectivity index (χ1) is 17.1. The molecular weight excluding hydrogens is 465 g/mol. The van der Waals surface area contributed by atoms with Crippen molar-refractivity contribution in [2.75, 3.05) is 18.9 Å². The number of alkyl halides is 3. The third-order valence-electron chi connectivity index (χ3n) is 6.34. The highest BCUT2D eigenvalue weighted by atomic mass is 19.4. The van der Waals surface area contributed by atoms with E-state index in [2.05, 4.69) is 59.1 Å². The van der Waals surface area contributed by atoms with Crippen LogP contribution in [0.15, 0.2) is 30.6 Å². The van der Waals surface area contributed by atoms with Crippen LogP contribution in [0.5, 0.6) is 0 Å². The normalized spacial score (nSPS) is 12.1. The van der Waals surface area contributed by atoms with Crippen LogP contribution in [-0.2, 0) is 12.7 Å². The summed E-state index contributed by atoms with van der Waals surface area (Å²) in [6.45, 7) is 11.8. The van der Waals surface area contributed by atoms with E-state index in [9.17, 15) is 13.2 Å². The number of anilines is 1. The molecule has 0 spiro atoms. The molecule has 0 aliphatic rings. The van der Waals surface area contributed by atoms with Gasteiger partial charge in [0, 0.05) is 30.7 Å². The van der Waals surface area contributed by atoms with Crippen LogP contribution in [0.4, 0.5) is 19.1 Å². The molecule has 1 N–H and O–H groups in total.